The predicted octanol–water partition coefficient (Wildman–Crippen LogP) is 2.25. The number of aromatic nitrogens is 1. The molecule has 0 fully saturated rings. The lowest BCUT2D eigenvalue weighted by Crippen LogP contribution is -2.00. The van der Waals surface area contributed by atoms with Gasteiger partial charge in [-0.25, -0.2) is 4.79 Å². The summed E-state index contributed by atoms with van der Waals surface area (Å²) in [6.07, 6.45) is 0. The molecule has 1 heterocycles. The summed E-state index contributed by atoms with van der Waals surface area (Å²) in [7, 11) is 1.56. The number of methoxy groups -OCH3 is 1. The van der Waals surface area contributed by atoms with Crippen LogP contribution in [-0.4, -0.2) is 23.2 Å². The first kappa shape index (κ1) is 10.4. The second-order valence-corrected chi connectivity index (χ2v) is 3.50. The first-order valence-corrected chi connectivity index (χ1v) is 4.80. The number of pyridine rings is 1. The van der Waals surface area contributed by atoms with Crippen molar-refractivity contribution in [2.24, 2.45) is 0 Å². The predicted molar refractivity (Wildman–Crippen MR) is 60.0 cm³/mol. The second kappa shape index (κ2) is 3.81. The standard InChI is InChI=1S/C12H11NO3/c1-7-5-10(12(14)15)9-4-3-8(16-2)6-11(9)13-7/h3-6H,1-2H3,(H,14,15). The van der Waals surface area contributed by atoms with Gasteiger partial charge in [-0.05, 0) is 25.1 Å². The molecule has 0 unspecified atom stereocenters. The van der Waals surface area contributed by atoms with Crippen molar-refractivity contribution in [3.05, 3.63) is 35.5 Å². The number of aromatic carboxylic acids is 1. The van der Waals surface area contributed by atoms with Crippen molar-refractivity contribution >= 4 is 16.9 Å². The van der Waals surface area contributed by atoms with E-state index in [1.807, 2.05) is 0 Å². The third kappa shape index (κ3) is 1.69. The van der Waals surface area contributed by atoms with Gasteiger partial charge in [0.25, 0.3) is 0 Å². The summed E-state index contributed by atoms with van der Waals surface area (Å²) in [6, 6.07) is 6.74. The van der Waals surface area contributed by atoms with Gasteiger partial charge in [-0.3, -0.25) is 4.98 Å². The van der Waals surface area contributed by atoms with Crippen LogP contribution in [-0.2, 0) is 0 Å². The molecule has 0 saturated carbocycles. The van der Waals surface area contributed by atoms with Gasteiger partial charge in [0.05, 0.1) is 18.2 Å². The first-order chi connectivity index (χ1) is 7.61. The number of carboxylic acid groups (broad SMARTS) is 1. The Labute approximate surface area is 92.5 Å². The van der Waals surface area contributed by atoms with E-state index in [1.54, 1.807) is 38.3 Å². The van der Waals surface area contributed by atoms with Gasteiger partial charge in [-0.15, -0.1) is 0 Å². The van der Waals surface area contributed by atoms with Gasteiger partial charge < -0.3 is 9.84 Å². The van der Waals surface area contributed by atoms with Crippen molar-refractivity contribution in [1.29, 1.82) is 0 Å². The molecule has 4 nitrogen and oxygen atoms in total. The Hall–Kier alpha value is -2.10. The van der Waals surface area contributed by atoms with Crippen molar-refractivity contribution in [3.63, 3.8) is 0 Å². The molecular weight excluding hydrogens is 206 g/mol. The highest BCUT2D eigenvalue weighted by molar-refractivity contribution is 6.02. The number of carboxylic acids is 1. The molecule has 0 radical (unpaired) electrons. The Morgan fingerprint density at radius 2 is 2.12 bits per heavy atom. The van der Waals surface area contributed by atoms with Gasteiger partial charge in [0.15, 0.2) is 0 Å². The van der Waals surface area contributed by atoms with E-state index in [0.717, 1.165) is 0 Å². The lowest BCUT2D eigenvalue weighted by Gasteiger charge is -2.05. The maximum Gasteiger partial charge on any atom is 0.336 e. The van der Waals surface area contributed by atoms with E-state index < -0.39 is 5.97 Å². The van der Waals surface area contributed by atoms with E-state index in [-0.39, 0.29) is 5.56 Å². The summed E-state index contributed by atoms with van der Waals surface area (Å²) in [4.78, 5) is 15.3. The number of carbonyl (C=O) groups is 1. The Balaban J connectivity index is 2.78. The minimum absolute atomic E-state index is 0.269. The molecule has 0 spiro atoms. The highest BCUT2D eigenvalue weighted by atomic mass is 16.5. The first-order valence-electron chi connectivity index (χ1n) is 4.80. The Morgan fingerprint density at radius 1 is 1.38 bits per heavy atom. The summed E-state index contributed by atoms with van der Waals surface area (Å²) >= 11 is 0. The van der Waals surface area contributed by atoms with Gasteiger partial charge in [0.2, 0.25) is 0 Å². The van der Waals surface area contributed by atoms with Crippen molar-refractivity contribution in [1.82, 2.24) is 4.98 Å². The van der Waals surface area contributed by atoms with Crippen molar-refractivity contribution in [3.8, 4) is 5.75 Å². The topological polar surface area (TPSA) is 59.4 Å². The number of benzene rings is 1. The average Bonchev–Trinajstić information content (AvgIpc) is 2.26. The molecule has 0 amide bonds. The minimum atomic E-state index is -0.944. The highest BCUT2D eigenvalue weighted by Gasteiger charge is 2.10. The molecule has 0 aliphatic carbocycles. The summed E-state index contributed by atoms with van der Waals surface area (Å²) in [5.74, 6) is -0.275. The lowest BCUT2D eigenvalue weighted by atomic mass is 10.1. The molecule has 0 atom stereocenters. The van der Waals surface area contributed by atoms with E-state index in [2.05, 4.69) is 4.98 Å². The fraction of sp³-hybridized carbons (Fsp3) is 0.167. The molecule has 1 aromatic carbocycles. The third-order valence-corrected chi connectivity index (χ3v) is 2.38. The van der Waals surface area contributed by atoms with Crippen LogP contribution in [0.2, 0.25) is 0 Å². The lowest BCUT2D eigenvalue weighted by molar-refractivity contribution is 0.0699. The molecule has 2 aromatic rings. The summed E-state index contributed by atoms with van der Waals surface area (Å²) in [5, 5.41) is 9.70. The second-order valence-electron chi connectivity index (χ2n) is 3.50. The summed E-state index contributed by atoms with van der Waals surface area (Å²) in [5.41, 5.74) is 1.58. The third-order valence-electron chi connectivity index (χ3n) is 2.38. The van der Waals surface area contributed by atoms with Crippen LogP contribution in [0.5, 0.6) is 5.75 Å². The zero-order valence-corrected chi connectivity index (χ0v) is 9.02. The number of nitrogens with zero attached hydrogens (tertiary/aromatic N) is 1. The van der Waals surface area contributed by atoms with Crippen molar-refractivity contribution in [2.75, 3.05) is 7.11 Å². The average molecular weight is 217 g/mol. The fourth-order valence-electron chi connectivity index (χ4n) is 1.64. The SMILES string of the molecule is COc1ccc2c(C(=O)O)cc(C)nc2c1. The van der Waals surface area contributed by atoms with Gasteiger partial charge in [-0.2, -0.15) is 0 Å². The highest BCUT2D eigenvalue weighted by Crippen LogP contribution is 2.23. The quantitative estimate of drug-likeness (QED) is 0.838. The number of fused-ring (bicyclic) bond motifs is 1. The van der Waals surface area contributed by atoms with Crippen molar-refractivity contribution < 1.29 is 14.6 Å². The molecular formula is C12H11NO3. The summed E-state index contributed by atoms with van der Waals surface area (Å²) in [6.45, 7) is 1.77. The molecule has 2 rings (SSSR count). The Morgan fingerprint density at radius 3 is 2.75 bits per heavy atom. The zero-order valence-electron chi connectivity index (χ0n) is 9.02. The van der Waals surface area contributed by atoms with Crippen molar-refractivity contribution in [2.45, 2.75) is 6.92 Å². The zero-order chi connectivity index (χ0) is 11.7. The molecule has 1 aromatic heterocycles. The van der Waals surface area contributed by atoms with Gasteiger partial charge >= 0.3 is 5.97 Å². The minimum Gasteiger partial charge on any atom is -0.497 e. The molecule has 4 heteroatoms. The smallest absolute Gasteiger partial charge is 0.336 e. The van der Waals surface area contributed by atoms with Gasteiger partial charge in [-0.1, -0.05) is 0 Å². The van der Waals surface area contributed by atoms with E-state index >= 15 is 0 Å². The van der Waals surface area contributed by atoms with E-state index in [0.29, 0.717) is 22.3 Å². The van der Waals surface area contributed by atoms with E-state index in [9.17, 15) is 4.79 Å². The number of ether oxygens (including phenoxy) is 1. The van der Waals surface area contributed by atoms with Crippen LogP contribution in [0, 0.1) is 6.92 Å². The molecule has 16 heavy (non-hydrogen) atoms. The largest absolute Gasteiger partial charge is 0.497 e. The maximum atomic E-state index is 11.1. The Bertz CT molecular complexity index is 563. The molecule has 1 N–H and O–H groups in total. The molecule has 0 bridgehead atoms. The van der Waals surface area contributed by atoms with Crippen LogP contribution in [0.15, 0.2) is 24.3 Å². The molecule has 0 saturated heterocycles. The number of hydrogen-bond donors (Lipinski definition) is 1. The van der Waals surface area contributed by atoms with Crippen LogP contribution >= 0.6 is 0 Å². The monoisotopic (exact) mass is 217 g/mol. The van der Waals surface area contributed by atoms with E-state index in [4.69, 9.17) is 9.84 Å². The van der Waals surface area contributed by atoms with Crippen LogP contribution in [0.25, 0.3) is 10.9 Å². The van der Waals surface area contributed by atoms with Crippen LogP contribution < -0.4 is 4.74 Å². The summed E-state index contributed by atoms with van der Waals surface area (Å²) < 4.78 is 5.08. The van der Waals surface area contributed by atoms with Gasteiger partial charge in [0.1, 0.15) is 5.75 Å². The number of hydrogen-bond acceptors (Lipinski definition) is 3. The van der Waals surface area contributed by atoms with Crippen LogP contribution in [0.3, 0.4) is 0 Å². The van der Waals surface area contributed by atoms with E-state index in [1.165, 1.54) is 0 Å². The fourth-order valence-corrected chi connectivity index (χ4v) is 1.64. The normalized spacial score (nSPS) is 10.4. The number of aryl methyl sites for hydroxylation is 1. The van der Waals surface area contributed by atoms with Crippen LogP contribution in [0.4, 0.5) is 0 Å². The maximum absolute atomic E-state index is 11.1. The molecule has 0 aliphatic heterocycles. The number of rotatable bonds is 2. The Kier molecular flexibility index (Phi) is 2.48. The van der Waals surface area contributed by atoms with Crippen LogP contribution in [0.1, 0.15) is 16.1 Å². The molecule has 0 aliphatic rings. The van der Waals surface area contributed by atoms with Gasteiger partial charge in [0, 0.05) is 17.1 Å². The molecule has 82 valence electrons.